The molecule has 5 unspecified atom stereocenters. The van der Waals surface area contributed by atoms with E-state index in [-0.39, 0.29) is 24.2 Å². The summed E-state index contributed by atoms with van der Waals surface area (Å²) < 4.78 is 49.6. The molecule has 136 heavy (non-hydrogen) atoms. The lowest BCUT2D eigenvalue weighted by molar-refractivity contribution is -0.161. The van der Waals surface area contributed by atoms with E-state index in [1.165, 1.54) is 125 Å². The van der Waals surface area contributed by atoms with Crippen LogP contribution in [-0.4, -0.2) is 275 Å². The van der Waals surface area contributed by atoms with E-state index in [4.69, 9.17) is 53.6 Å². The lowest BCUT2D eigenvalue weighted by atomic mass is 9.89. The Morgan fingerprint density at radius 2 is 0.559 bits per heavy atom. The van der Waals surface area contributed by atoms with E-state index in [1.807, 2.05) is 0 Å². The molecule has 2 rings (SSSR count). The summed E-state index contributed by atoms with van der Waals surface area (Å²) in [6, 6.07) is 0.488. The molecule has 54 heteroatoms. The zero-order valence-corrected chi connectivity index (χ0v) is 84.7. The largest absolute Gasteiger partial charge is 0.480 e. The van der Waals surface area contributed by atoms with Crippen LogP contribution in [0, 0.1) is 17.3 Å². The van der Waals surface area contributed by atoms with Crippen LogP contribution in [0.25, 0.3) is 0 Å². The predicted molar refractivity (Wildman–Crippen MR) is 489 cm³/mol. The highest BCUT2D eigenvalue weighted by Crippen LogP contribution is 2.36. The summed E-state index contributed by atoms with van der Waals surface area (Å²) in [7, 11) is 0. The third-order valence-corrected chi connectivity index (χ3v) is 22.7. The Morgan fingerprint density at radius 3 is 0.787 bits per heavy atom. The van der Waals surface area contributed by atoms with Crippen molar-refractivity contribution in [3.8, 4) is 0 Å². The van der Waals surface area contributed by atoms with Gasteiger partial charge < -0.3 is 119 Å². The minimum Gasteiger partial charge on any atom is -0.480 e. The van der Waals surface area contributed by atoms with Crippen LogP contribution in [0.4, 0.5) is 28.8 Å². The van der Waals surface area contributed by atoms with Crippen LogP contribution in [0.15, 0.2) is 30.3 Å². The van der Waals surface area contributed by atoms with Crippen molar-refractivity contribution in [1.82, 2.24) is 31.9 Å². The fraction of sp³-hybridized carbons (Fsp3) is 0.634. The Hall–Kier alpha value is -11.4. The van der Waals surface area contributed by atoms with E-state index in [0.717, 1.165) is 39.0 Å². The van der Waals surface area contributed by atoms with Gasteiger partial charge in [0.15, 0.2) is 0 Å². The van der Waals surface area contributed by atoms with Crippen LogP contribution in [0.3, 0.4) is 0 Å². The number of esters is 6. The molecule has 1 fully saturated rings. The Labute approximate surface area is 809 Å². The lowest BCUT2D eigenvalue weighted by Gasteiger charge is -2.29. The standard InChI is InChI=1S/C16H25NO7S.C16H19NO7S.C14H23NO7S.C13H21NO7S.C12H19NO7S.C11H17NO7S/c2*1-10(18)17-12(13(19)20)16(2,3)25-15(22)24-9-23-14(21)11-7-5-4-6-8-11;1-8(16)15-9(10(17)18)14(5,6)23-12(20)22-7-21-11(19)13(2,3)4;1-7(2)11(18)20-6-21-12(19)22-13(4,5)9(10(16)17)14-8(3)15;1-5-8(15)19-6-20-11(18)21-12(3,4)9(10(16)17)13-7(2)14;1-6(13)12-8(9(15)16)11(3,4)20-10(17)19-5-18-7(2)14/h11-12H,4-9H2,1-3H3,(H,17,18)(H,19,20);4-8,12H,9H2,1-3H3,(H,17,18)(H,19,20);9H,7H2,1-6H3,(H,15,16)(H,17,18);7,9H,6H2,1-5H3,(H,14,15)(H,16,17);9H,5-6H2,1-4H3,(H,13,14)(H,16,17);8H,5H2,1-4H3,(H,12,13)(H,15,16)/t;;;;;8-/m.....0/s1. The molecule has 12 N–H and O–H groups in total. The van der Waals surface area contributed by atoms with Crippen LogP contribution in [0.5, 0.6) is 0 Å². The summed E-state index contributed by atoms with van der Waals surface area (Å²) in [6.45, 7) is 32.5. The van der Waals surface area contributed by atoms with Gasteiger partial charge in [-0.3, -0.25) is 52.7 Å². The molecule has 1 aromatic rings. The summed E-state index contributed by atoms with van der Waals surface area (Å²) in [5.41, 5.74) is -0.415. The Morgan fingerprint density at radius 1 is 0.324 bits per heavy atom. The number of carboxylic acids is 6. The van der Waals surface area contributed by atoms with E-state index in [2.05, 4.69) is 55.6 Å². The number of carboxylic acid groups (broad SMARTS) is 6. The number of hydrogen-bond donors (Lipinski definition) is 12. The molecule has 0 aromatic heterocycles. The maximum atomic E-state index is 11.9. The first-order valence-corrected chi connectivity index (χ1v) is 45.2. The first kappa shape index (κ1) is 131. The average Bonchev–Trinajstić information content (AvgIpc) is 0.857. The average molecular weight is 2060 g/mol. The number of amides is 6. The monoisotopic (exact) mass is 2060 g/mol. The third-order valence-electron chi connectivity index (χ3n) is 16.5. The first-order valence-electron chi connectivity index (χ1n) is 40.3. The highest BCUT2D eigenvalue weighted by atomic mass is 32.2. The molecular formula is C82H124N6O42S6. The smallest absolute Gasteiger partial charge is 0.370 e. The Balaban J connectivity index is -0.000000770. The molecule has 0 saturated heterocycles. The van der Waals surface area contributed by atoms with Gasteiger partial charge in [-0.2, -0.15) is 0 Å². The van der Waals surface area contributed by atoms with Crippen molar-refractivity contribution in [1.29, 1.82) is 0 Å². The molecule has 0 aliphatic heterocycles. The van der Waals surface area contributed by atoms with Crippen molar-refractivity contribution in [3.63, 3.8) is 0 Å². The van der Waals surface area contributed by atoms with Gasteiger partial charge in [-0.15, -0.1) is 0 Å². The summed E-state index contributed by atoms with van der Waals surface area (Å²) >= 11 is 3.56. The normalized spacial score (nSPS) is 13.1. The van der Waals surface area contributed by atoms with Crippen molar-refractivity contribution < 1.29 is 203 Å². The van der Waals surface area contributed by atoms with Gasteiger partial charge in [-0.05, 0) is 199 Å². The van der Waals surface area contributed by atoms with E-state index in [9.17, 15) is 125 Å². The summed E-state index contributed by atoms with van der Waals surface area (Å²) in [5.74, 6) is -14.5. The highest BCUT2D eigenvalue weighted by Gasteiger charge is 2.45. The molecule has 1 saturated carbocycles. The van der Waals surface area contributed by atoms with Crippen LogP contribution in [0.1, 0.15) is 222 Å². The zero-order valence-electron chi connectivity index (χ0n) is 79.8. The van der Waals surface area contributed by atoms with Gasteiger partial charge >= 0.3 is 103 Å². The molecule has 0 heterocycles. The number of carbonyl (C=O) groups excluding carboxylic acids is 18. The predicted octanol–water partition coefficient (Wildman–Crippen LogP) is 9.37. The number of carbonyl (C=O) groups is 24. The molecule has 1 aliphatic carbocycles. The van der Waals surface area contributed by atoms with Gasteiger partial charge in [0.05, 0.1) is 51.3 Å². The van der Waals surface area contributed by atoms with Crippen LogP contribution >= 0.6 is 70.6 Å². The molecule has 1 aromatic carbocycles. The van der Waals surface area contributed by atoms with Crippen LogP contribution < -0.4 is 31.9 Å². The fourth-order valence-corrected chi connectivity index (χ4v) is 14.6. The summed E-state index contributed by atoms with van der Waals surface area (Å²) in [5, 5.41) is 63.6. The molecule has 0 radical (unpaired) electrons. The molecule has 6 amide bonds. The number of thioether (sulfide) groups is 6. The highest BCUT2D eigenvalue weighted by molar-refractivity contribution is 8.15. The fourth-order valence-electron chi connectivity index (χ4n) is 9.67. The van der Waals surface area contributed by atoms with Crippen molar-refractivity contribution >= 4 is 209 Å². The number of ether oxygens (including phenoxy) is 12. The van der Waals surface area contributed by atoms with E-state index in [1.54, 1.807) is 71.9 Å². The van der Waals surface area contributed by atoms with Gasteiger partial charge in [0, 0.05) is 54.9 Å². The number of rotatable bonds is 40. The molecule has 770 valence electrons. The van der Waals surface area contributed by atoms with Crippen LogP contribution in [0.2, 0.25) is 0 Å². The third kappa shape index (κ3) is 59.5. The van der Waals surface area contributed by atoms with Crippen molar-refractivity contribution in [2.75, 3.05) is 40.8 Å². The Kier molecular flexibility index (Phi) is 61.4. The van der Waals surface area contributed by atoms with Gasteiger partial charge in [-0.1, -0.05) is 58.2 Å². The first-order chi connectivity index (χ1) is 62.2. The Bertz CT molecular complexity index is 4280. The molecule has 0 spiro atoms. The second-order valence-corrected chi connectivity index (χ2v) is 42.1. The minimum atomic E-state index is -1.30. The van der Waals surface area contributed by atoms with Gasteiger partial charge in [0.1, 0.15) is 36.3 Å². The number of nitrogens with one attached hydrogen (secondary N) is 6. The topological polar surface area (TPSA) is 714 Å². The van der Waals surface area contributed by atoms with Crippen molar-refractivity contribution in [2.45, 2.75) is 276 Å². The molecule has 0 bridgehead atoms. The maximum Gasteiger partial charge on any atom is 0.370 e. The quantitative estimate of drug-likeness (QED) is 0.0165. The molecule has 48 nitrogen and oxygen atoms in total. The zero-order chi connectivity index (χ0) is 107. The second-order valence-electron chi connectivity index (χ2n) is 32.5. The summed E-state index contributed by atoms with van der Waals surface area (Å²) in [6.07, 6.45) is 4.81. The van der Waals surface area contributed by atoms with Gasteiger partial charge in [0.25, 0.3) is 0 Å². The maximum absolute atomic E-state index is 11.9. The number of aliphatic carboxylic acids is 6. The van der Waals surface area contributed by atoms with Gasteiger partial charge in [0.2, 0.25) is 76.2 Å². The number of hydrogen-bond acceptors (Lipinski definition) is 42. The SMILES string of the molecule is CC(=O)NC(C(=O)O)C(C)(C)SC(=O)OCOC(=O)C(C)(C)C.CC(=O)NC(C(=O)O)C(C)(C)SC(=O)OCOC(=O)C(C)C.CC(=O)NC(C(=O)O)C(C)(C)SC(=O)OCOC(=O)C1CCCCC1.CC(=O)NC(C(=O)O)C(C)(C)SC(=O)OCOC(=O)c1ccccc1.CC(=O)N[C@@H](C(=O)O)C(C)(C)SC(=O)OCOC(C)=O.CCC(=O)OCOC(=O)SC(C)(C)C(NC(C)=O)C(=O)O. The minimum absolute atomic E-state index is 0.146. The van der Waals surface area contributed by atoms with Crippen molar-refractivity contribution in [2.24, 2.45) is 17.3 Å². The lowest BCUT2D eigenvalue weighted by Crippen LogP contribution is -2.52. The van der Waals surface area contributed by atoms with E-state index >= 15 is 0 Å². The second kappa shape index (κ2) is 63.8. The molecular weight excluding hydrogens is 1930 g/mol. The molecule has 6 atom stereocenters. The molecule has 1 aliphatic rings. The van der Waals surface area contributed by atoms with E-state index in [0.29, 0.717) is 76.1 Å². The van der Waals surface area contributed by atoms with Gasteiger partial charge in [-0.25, -0.2) is 62.3 Å². The van der Waals surface area contributed by atoms with Crippen LogP contribution in [-0.2, 0) is 138 Å². The van der Waals surface area contributed by atoms with E-state index < -0.39 is 244 Å². The number of benzene rings is 1. The van der Waals surface area contributed by atoms with Crippen molar-refractivity contribution in [3.05, 3.63) is 35.9 Å². The summed E-state index contributed by atoms with van der Waals surface area (Å²) in [4.78, 5) is 271.